The maximum Gasteiger partial charge on any atom is 0.264 e. The number of rotatable bonds is 2. The molecule has 4 nitrogen and oxygen atoms in total. The first-order chi connectivity index (χ1) is 7.58. The molecule has 0 aliphatic heterocycles. The van der Waals surface area contributed by atoms with Crippen molar-refractivity contribution >= 4 is 22.6 Å². The van der Waals surface area contributed by atoms with Crippen LogP contribution < -0.4 is 5.56 Å². The highest BCUT2D eigenvalue weighted by Gasteiger charge is 2.05. The first-order valence-electron chi connectivity index (χ1n) is 4.92. The Labute approximate surface area is 107 Å². The smallest absolute Gasteiger partial charge is 0.264 e. The Hall–Kier alpha value is -1.11. The fourth-order valence-corrected chi connectivity index (χ4v) is 2.14. The lowest BCUT2D eigenvalue weighted by atomic mass is 10.3. The molecule has 0 aliphatic rings. The Kier molecular flexibility index (Phi) is 3.13. The summed E-state index contributed by atoms with van der Waals surface area (Å²) >= 11 is 2.05. The normalized spacial score (nSPS) is 10.7. The second-order valence-corrected chi connectivity index (χ2v) is 4.85. The molecule has 0 bridgehead atoms. The molecule has 2 aromatic rings. The molecule has 0 aromatic carbocycles. The minimum absolute atomic E-state index is 0.0435. The molecule has 0 saturated heterocycles. The van der Waals surface area contributed by atoms with Crippen molar-refractivity contribution in [1.82, 2.24) is 14.3 Å². The zero-order valence-electron chi connectivity index (χ0n) is 9.14. The third kappa shape index (κ3) is 2.18. The summed E-state index contributed by atoms with van der Waals surface area (Å²) in [6.45, 7) is 2.51. The molecule has 0 atom stereocenters. The number of hydrogen-bond donors (Lipinski definition) is 0. The zero-order valence-corrected chi connectivity index (χ0v) is 11.3. The van der Waals surface area contributed by atoms with Crippen LogP contribution in [0.15, 0.2) is 29.2 Å². The average Bonchev–Trinajstić information content (AvgIpc) is 2.53. The average molecular weight is 329 g/mol. The first-order valence-corrected chi connectivity index (χ1v) is 6.00. The van der Waals surface area contributed by atoms with Gasteiger partial charge < -0.3 is 4.57 Å². The predicted octanol–water partition coefficient (Wildman–Crippen LogP) is 1.54. The lowest BCUT2D eigenvalue weighted by Crippen LogP contribution is -2.22. The third-order valence-electron chi connectivity index (χ3n) is 2.40. The van der Waals surface area contributed by atoms with E-state index in [4.69, 9.17) is 0 Å². The summed E-state index contributed by atoms with van der Waals surface area (Å²) in [6, 6.07) is 5.69. The van der Waals surface area contributed by atoms with Crippen LogP contribution in [0.4, 0.5) is 0 Å². The summed E-state index contributed by atoms with van der Waals surface area (Å²) in [5.74, 6) is 0. The number of aromatic nitrogens is 3. The van der Waals surface area contributed by atoms with Gasteiger partial charge in [-0.1, -0.05) is 0 Å². The number of nitrogens with zero attached hydrogens (tertiary/aromatic N) is 3. The van der Waals surface area contributed by atoms with Gasteiger partial charge in [-0.05, 0) is 47.7 Å². The summed E-state index contributed by atoms with van der Waals surface area (Å²) in [5, 5.41) is 4.26. The molecular weight excluding hydrogens is 317 g/mol. The van der Waals surface area contributed by atoms with Crippen LogP contribution in [0.5, 0.6) is 0 Å². The van der Waals surface area contributed by atoms with E-state index in [-0.39, 0.29) is 5.56 Å². The predicted molar refractivity (Wildman–Crippen MR) is 70.5 cm³/mol. The van der Waals surface area contributed by atoms with Gasteiger partial charge in [0.15, 0.2) is 0 Å². The van der Waals surface area contributed by atoms with Gasteiger partial charge >= 0.3 is 0 Å². The monoisotopic (exact) mass is 329 g/mol. The van der Waals surface area contributed by atoms with Gasteiger partial charge in [-0.15, -0.1) is 0 Å². The van der Waals surface area contributed by atoms with Gasteiger partial charge in [0.25, 0.3) is 5.56 Å². The summed E-state index contributed by atoms with van der Waals surface area (Å²) in [5.41, 5.74) is 2.04. The van der Waals surface area contributed by atoms with Crippen molar-refractivity contribution in [2.24, 2.45) is 7.05 Å². The highest BCUT2D eigenvalue weighted by molar-refractivity contribution is 14.1. The van der Waals surface area contributed by atoms with Crippen LogP contribution in [0.25, 0.3) is 0 Å². The van der Waals surface area contributed by atoms with Crippen LogP contribution in [0.1, 0.15) is 11.4 Å². The van der Waals surface area contributed by atoms with Crippen LogP contribution in [0, 0.1) is 10.5 Å². The second kappa shape index (κ2) is 4.40. The molecule has 2 rings (SSSR count). The molecule has 0 radical (unpaired) electrons. The molecular formula is C11H12IN3O. The minimum Gasteiger partial charge on any atom is -0.309 e. The standard InChI is InChI=1S/C11H12IN3O/c1-8-6-9(14(2)13-8)7-15-5-3-4-10(12)11(15)16/h3-6H,7H2,1-2H3. The molecule has 0 spiro atoms. The Bertz CT molecular complexity index is 571. The molecule has 0 fully saturated rings. The maximum absolute atomic E-state index is 11.8. The second-order valence-electron chi connectivity index (χ2n) is 3.69. The van der Waals surface area contributed by atoms with Crippen molar-refractivity contribution in [3.63, 3.8) is 0 Å². The van der Waals surface area contributed by atoms with Gasteiger partial charge in [0.05, 0.1) is 21.5 Å². The van der Waals surface area contributed by atoms with Gasteiger partial charge in [0.2, 0.25) is 0 Å². The Balaban J connectivity index is 2.38. The van der Waals surface area contributed by atoms with Gasteiger partial charge in [0.1, 0.15) is 0 Å². The van der Waals surface area contributed by atoms with Crippen molar-refractivity contribution in [3.8, 4) is 0 Å². The van der Waals surface area contributed by atoms with Crippen LogP contribution in [0.2, 0.25) is 0 Å². The molecule has 0 amide bonds. The van der Waals surface area contributed by atoms with E-state index in [0.29, 0.717) is 6.54 Å². The van der Waals surface area contributed by atoms with Crippen LogP contribution in [0.3, 0.4) is 0 Å². The summed E-state index contributed by atoms with van der Waals surface area (Å²) in [4.78, 5) is 11.8. The largest absolute Gasteiger partial charge is 0.309 e. The van der Waals surface area contributed by atoms with Crippen LogP contribution >= 0.6 is 22.6 Å². The Morgan fingerprint density at radius 1 is 1.50 bits per heavy atom. The first kappa shape index (κ1) is 11.4. The molecule has 2 aromatic heterocycles. The molecule has 0 unspecified atom stereocenters. The lowest BCUT2D eigenvalue weighted by molar-refractivity contribution is 0.650. The van der Waals surface area contributed by atoms with Crippen molar-refractivity contribution in [3.05, 3.63) is 49.7 Å². The molecule has 0 saturated carbocycles. The number of halogens is 1. The fourth-order valence-electron chi connectivity index (χ4n) is 1.62. The number of pyridine rings is 1. The highest BCUT2D eigenvalue weighted by atomic mass is 127. The summed E-state index contributed by atoms with van der Waals surface area (Å²) in [6.07, 6.45) is 1.80. The van der Waals surface area contributed by atoms with Gasteiger partial charge in [-0.3, -0.25) is 9.48 Å². The SMILES string of the molecule is Cc1cc(Cn2cccc(I)c2=O)n(C)n1. The van der Waals surface area contributed by atoms with E-state index in [2.05, 4.69) is 27.7 Å². The zero-order chi connectivity index (χ0) is 11.7. The van der Waals surface area contributed by atoms with Gasteiger partial charge in [-0.25, -0.2) is 0 Å². The number of aryl methyl sites for hydroxylation is 2. The number of hydrogen-bond acceptors (Lipinski definition) is 2. The third-order valence-corrected chi connectivity index (χ3v) is 3.23. The van der Waals surface area contributed by atoms with E-state index >= 15 is 0 Å². The van der Waals surface area contributed by atoms with E-state index in [0.717, 1.165) is 15.0 Å². The van der Waals surface area contributed by atoms with Crippen molar-refractivity contribution in [2.75, 3.05) is 0 Å². The topological polar surface area (TPSA) is 39.8 Å². The molecule has 5 heteroatoms. The Morgan fingerprint density at radius 3 is 2.88 bits per heavy atom. The van der Waals surface area contributed by atoms with E-state index in [1.54, 1.807) is 10.8 Å². The molecule has 0 N–H and O–H groups in total. The van der Waals surface area contributed by atoms with E-state index in [1.807, 2.05) is 36.9 Å². The van der Waals surface area contributed by atoms with E-state index < -0.39 is 0 Å². The van der Waals surface area contributed by atoms with Crippen molar-refractivity contribution in [2.45, 2.75) is 13.5 Å². The van der Waals surface area contributed by atoms with Crippen LogP contribution in [-0.4, -0.2) is 14.3 Å². The maximum atomic E-state index is 11.8. The molecule has 2 heterocycles. The summed E-state index contributed by atoms with van der Waals surface area (Å²) < 4.78 is 4.24. The van der Waals surface area contributed by atoms with Gasteiger partial charge in [0, 0.05) is 13.2 Å². The Morgan fingerprint density at radius 2 is 2.25 bits per heavy atom. The summed E-state index contributed by atoms with van der Waals surface area (Å²) in [7, 11) is 1.89. The molecule has 16 heavy (non-hydrogen) atoms. The van der Waals surface area contributed by atoms with Gasteiger partial charge in [-0.2, -0.15) is 5.10 Å². The lowest BCUT2D eigenvalue weighted by Gasteiger charge is -2.05. The van der Waals surface area contributed by atoms with E-state index in [9.17, 15) is 4.79 Å². The molecule has 0 aliphatic carbocycles. The quantitative estimate of drug-likeness (QED) is 0.784. The van der Waals surface area contributed by atoms with Crippen molar-refractivity contribution in [1.29, 1.82) is 0 Å². The molecule has 84 valence electrons. The minimum atomic E-state index is 0.0435. The van der Waals surface area contributed by atoms with Crippen LogP contribution in [-0.2, 0) is 13.6 Å². The highest BCUT2D eigenvalue weighted by Crippen LogP contribution is 2.04. The van der Waals surface area contributed by atoms with Crippen molar-refractivity contribution < 1.29 is 0 Å². The van der Waals surface area contributed by atoms with E-state index in [1.165, 1.54) is 0 Å². The fraction of sp³-hybridized carbons (Fsp3) is 0.273.